The summed E-state index contributed by atoms with van der Waals surface area (Å²) in [4.78, 5) is 0. The van der Waals surface area contributed by atoms with Gasteiger partial charge in [-0.1, -0.05) is 0 Å². The van der Waals surface area contributed by atoms with Crippen molar-refractivity contribution in [3.63, 3.8) is 0 Å². The number of hydrogen-bond acceptors (Lipinski definition) is 2. The number of rotatable bonds is 2. The second-order valence-electron chi connectivity index (χ2n) is 2.17. The molecule has 1 saturated carbocycles. The second-order valence-corrected chi connectivity index (χ2v) is 2.73. The van der Waals surface area contributed by atoms with Crippen LogP contribution in [0.4, 0.5) is 0 Å². The van der Waals surface area contributed by atoms with Gasteiger partial charge in [-0.15, -0.1) is 11.6 Å². The zero-order chi connectivity index (χ0) is 6.15. The summed E-state index contributed by atoms with van der Waals surface area (Å²) in [6.45, 7) is -0.159. The van der Waals surface area contributed by atoms with Crippen LogP contribution in [0.1, 0.15) is 6.42 Å². The molecule has 48 valence electrons. The summed E-state index contributed by atoms with van der Waals surface area (Å²) >= 11 is 5.55. The summed E-state index contributed by atoms with van der Waals surface area (Å²) in [5.74, 6) is 0.154. The first kappa shape index (κ1) is 6.33. The third-order valence-electron chi connectivity index (χ3n) is 1.44. The standard InChI is InChI=1S/C5H9ClO2/c6-4-1-3(4)5(8)2-7/h3-5,7-8H,1-2H2/t3-,4-,5-/m1/s1. The Morgan fingerprint density at radius 1 is 1.75 bits per heavy atom. The van der Waals surface area contributed by atoms with Crippen molar-refractivity contribution in [1.82, 2.24) is 0 Å². The summed E-state index contributed by atoms with van der Waals surface area (Å²) in [5, 5.41) is 17.3. The van der Waals surface area contributed by atoms with Crippen molar-refractivity contribution in [3.8, 4) is 0 Å². The van der Waals surface area contributed by atoms with Crippen molar-refractivity contribution in [3.05, 3.63) is 0 Å². The maximum atomic E-state index is 8.83. The first-order valence-corrected chi connectivity index (χ1v) is 3.12. The van der Waals surface area contributed by atoms with E-state index >= 15 is 0 Å². The molecule has 1 rings (SSSR count). The van der Waals surface area contributed by atoms with Crippen LogP contribution in [0.5, 0.6) is 0 Å². The molecule has 0 aromatic heterocycles. The van der Waals surface area contributed by atoms with Crippen LogP contribution in [0.2, 0.25) is 0 Å². The van der Waals surface area contributed by atoms with Crippen molar-refractivity contribution < 1.29 is 10.2 Å². The molecule has 8 heavy (non-hydrogen) atoms. The van der Waals surface area contributed by atoms with Crippen LogP contribution >= 0.6 is 11.6 Å². The molecule has 0 aromatic carbocycles. The van der Waals surface area contributed by atoms with Gasteiger partial charge in [-0.3, -0.25) is 0 Å². The number of halogens is 1. The third kappa shape index (κ3) is 1.13. The van der Waals surface area contributed by atoms with Gasteiger partial charge in [0.2, 0.25) is 0 Å². The molecule has 3 atom stereocenters. The molecular formula is C5H9ClO2. The molecule has 0 saturated heterocycles. The van der Waals surface area contributed by atoms with Gasteiger partial charge in [0.05, 0.1) is 12.7 Å². The number of aliphatic hydroxyl groups is 2. The fraction of sp³-hybridized carbons (Fsp3) is 1.00. The molecule has 0 unspecified atom stereocenters. The fourth-order valence-corrected chi connectivity index (χ4v) is 1.09. The lowest BCUT2D eigenvalue weighted by Gasteiger charge is -2.01. The minimum Gasteiger partial charge on any atom is -0.394 e. The SMILES string of the molecule is OC[C@@H](O)[C@@H]1C[C@H]1Cl. The lowest BCUT2D eigenvalue weighted by atomic mass is 10.2. The molecule has 0 spiro atoms. The Labute approximate surface area is 53.1 Å². The Kier molecular flexibility index (Phi) is 1.75. The van der Waals surface area contributed by atoms with E-state index in [1.54, 1.807) is 0 Å². The summed E-state index contributed by atoms with van der Waals surface area (Å²) in [6.07, 6.45) is 0.265. The Hall–Kier alpha value is 0.210. The highest BCUT2D eigenvalue weighted by atomic mass is 35.5. The highest BCUT2D eigenvalue weighted by Gasteiger charge is 2.40. The molecule has 2 N–H and O–H groups in total. The highest BCUT2D eigenvalue weighted by Crippen LogP contribution is 2.38. The molecule has 0 aliphatic heterocycles. The maximum Gasteiger partial charge on any atom is 0.0813 e. The summed E-state index contributed by atoms with van der Waals surface area (Å²) in [5.41, 5.74) is 0. The number of aliphatic hydroxyl groups excluding tert-OH is 2. The van der Waals surface area contributed by atoms with Crippen molar-refractivity contribution in [2.45, 2.75) is 17.9 Å². The van der Waals surface area contributed by atoms with E-state index in [1.807, 2.05) is 0 Å². The molecule has 0 amide bonds. The van der Waals surface area contributed by atoms with Crippen molar-refractivity contribution in [1.29, 1.82) is 0 Å². The highest BCUT2D eigenvalue weighted by molar-refractivity contribution is 6.22. The average molecular weight is 137 g/mol. The first-order valence-electron chi connectivity index (χ1n) is 2.68. The van der Waals surface area contributed by atoms with E-state index in [1.165, 1.54) is 0 Å². The normalized spacial score (nSPS) is 39.4. The molecule has 1 aliphatic rings. The lowest BCUT2D eigenvalue weighted by molar-refractivity contribution is 0.0784. The van der Waals surface area contributed by atoms with E-state index in [4.69, 9.17) is 21.8 Å². The van der Waals surface area contributed by atoms with Gasteiger partial charge >= 0.3 is 0 Å². The minimum atomic E-state index is -0.586. The van der Waals surface area contributed by atoms with Gasteiger partial charge in [0.1, 0.15) is 0 Å². The molecular weight excluding hydrogens is 128 g/mol. The number of hydrogen-bond donors (Lipinski definition) is 2. The van der Waals surface area contributed by atoms with E-state index in [0.717, 1.165) is 6.42 Å². The van der Waals surface area contributed by atoms with Crippen LogP contribution < -0.4 is 0 Å². The van der Waals surface area contributed by atoms with Gasteiger partial charge in [0, 0.05) is 11.3 Å². The first-order chi connectivity index (χ1) is 3.75. The monoisotopic (exact) mass is 136 g/mol. The van der Waals surface area contributed by atoms with Gasteiger partial charge in [-0.2, -0.15) is 0 Å². The second kappa shape index (κ2) is 2.21. The zero-order valence-corrected chi connectivity index (χ0v) is 5.17. The van der Waals surface area contributed by atoms with Crippen LogP contribution in [0.25, 0.3) is 0 Å². The van der Waals surface area contributed by atoms with Crippen LogP contribution in [-0.4, -0.2) is 28.3 Å². The van der Waals surface area contributed by atoms with Gasteiger partial charge in [0.15, 0.2) is 0 Å². The van der Waals surface area contributed by atoms with Crippen molar-refractivity contribution >= 4 is 11.6 Å². The van der Waals surface area contributed by atoms with E-state index < -0.39 is 6.10 Å². The molecule has 0 radical (unpaired) electrons. The molecule has 0 bridgehead atoms. The Bertz CT molecular complexity index is 84.5. The maximum absolute atomic E-state index is 8.83. The van der Waals surface area contributed by atoms with Crippen LogP contribution in [-0.2, 0) is 0 Å². The topological polar surface area (TPSA) is 40.5 Å². The van der Waals surface area contributed by atoms with Gasteiger partial charge in [0.25, 0.3) is 0 Å². The third-order valence-corrected chi connectivity index (χ3v) is 1.94. The van der Waals surface area contributed by atoms with Gasteiger partial charge in [-0.25, -0.2) is 0 Å². The Morgan fingerprint density at radius 3 is 2.38 bits per heavy atom. The quantitative estimate of drug-likeness (QED) is 0.524. The molecule has 2 nitrogen and oxygen atoms in total. The molecule has 1 aliphatic carbocycles. The van der Waals surface area contributed by atoms with E-state index in [2.05, 4.69) is 0 Å². The van der Waals surface area contributed by atoms with Crippen LogP contribution in [0.15, 0.2) is 0 Å². The Balaban J connectivity index is 2.18. The van der Waals surface area contributed by atoms with Crippen molar-refractivity contribution in [2.24, 2.45) is 5.92 Å². The molecule has 0 aromatic rings. The van der Waals surface area contributed by atoms with E-state index in [-0.39, 0.29) is 17.9 Å². The summed E-state index contributed by atoms with van der Waals surface area (Å²) < 4.78 is 0. The minimum absolute atomic E-state index is 0.108. The van der Waals surface area contributed by atoms with Gasteiger partial charge < -0.3 is 10.2 Å². The number of alkyl halides is 1. The predicted octanol–water partition coefficient (Wildman–Crippen LogP) is -0.0331. The molecule has 0 heterocycles. The Morgan fingerprint density at radius 2 is 2.25 bits per heavy atom. The summed E-state index contributed by atoms with van der Waals surface area (Å²) in [6, 6.07) is 0. The van der Waals surface area contributed by atoms with E-state index in [0.29, 0.717) is 0 Å². The largest absolute Gasteiger partial charge is 0.394 e. The molecule has 1 fully saturated rings. The van der Waals surface area contributed by atoms with E-state index in [9.17, 15) is 0 Å². The lowest BCUT2D eigenvalue weighted by Crippen LogP contribution is -2.15. The summed E-state index contributed by atoms with van der Waals surface area (Å²) in [7, 11) is 0. The van der Waals surface area contributed by atoms with Crippen LogP contribution in [0.3, 0.4) is 0 Å². The predicted molar refractivity (Wildman–Crippen MR) is 30.8 cm³/mol. The van der Waals surface area contributed by atoms with Crippen LogP contribution in [0, 0.1) is 5.92 Å². The van der Waals surface area contributed by atoms with Crippen molar-refractivity contribution in [2.75, 3.05) is 6.61 Å². The fourth-order valence-electron chi connectivity index (χ4n) is 0.715. The smallest absolute Gasteiger partial charge is 0.0813 e. The molecule has 3 heteroatoms. The average Bonchev–Trinajstić information content (AvgIpc) is 2.45. The zero-order valence-electron chi connectivity index (χ0n) is 4.42. The van der Waals surface area contributed by atoms with Gasteiger partial charge in [-0.05, 0) is 6.42 Å².